The van der Waals surface area contributed by atoms with Crippen LogP contribution in [-0.2, 0) is 16.0 Å². The van der Waals surface area contributed by atoms with Gasteiger partial charge in [0.2, 0.25) is 11.8 Å². The number of methoxy groups -OCH3 is 1. The van der Waals surface area contributed by atoms with E-state index in [1.165, 1.54) is 6.92 Å². The lowest BCUT2D eigenvalue weighted by molar-refractivity contribution is -0.121. The number of para-hydroxylation sites is 1. The zero-order valence-electron chi connectivity index (χ0n) is 10.7. The van der Waals surface area contributed by atoms with Crippen LogP contribution in [0, 0.1) is 0 Å². The molecule has 5 nitrogen and oxygen atoms in total. The average molecular weight is 250 g/mol. The number of hydrogen-bond acceptors (Lipinski definition) is 3. The van der Waals surface area contributed by atoms with Crippen LogP contribution in [0.1, 0.15) is 12.5 Å². The van der Waals surface area contributed by atoms with Crippen molar-refractivity contribution < 1.29 is 14.3 Å². The summed E-state index contributed by atoms with van der Waals surface area (Å²) in [6.07, 6.45) is 0.268. The first kappa shape index (κ1) is 14.0. The lowest BCUT2D eigenvalue weighted by atomic mass is 10.1. The van der Waals surface area contributed by atoms with Crippen molar-refractivity contribution in [3.8, 4) is 5.75 Å². The molecule has 2 N–H and O–H groups in total. The minimum absolute atomic E-state index is 0.0927. The predicted octanol–water partition coefficient (Wildman–Crippen LogP) is 0.490. The maximum Gasteiger partial charge on any atom is 0.224 e. The molecule has 1 rings (SSSR count). The summed E-state index contributed by atoms with van der Waals surface area (Å²) in [6, 6.07) is 7.39. The van der Waals surface area contributed by atoms with Gasteiger partial charge in [-0.15, -0.1) is 0 Å². The maximum absolute atomic E-state index is 11.6. The van der Waals surface area contributed by atoms with Crippen molar-refractivity contribution in [3.05, 3.63) is 29.8 Å². The van der Waals surface area contributed by atoms with Gasteiger partial charge in [-0.3, -0.25) is 9.59 Å². The van der Waals surface area contributed by atoms with E-state index < -0.39 is 0 Å². The van der Waals surface area contributed by atoms with Crippen molar-refractivity contribution in [2.75, 3.05) is 20.2 Å². The van der Waals surface area contributed by atoms with Gasteiger partial charge in [0.15, 0.2) is 0 Å². The number of benzene rings is 1. The first-order valence-corrected chi connectivity index (χ1v) is 5.76. The van der Waals surface area contributed by atoms with Crippen LogP contribution in [-0.4, -0.2) is 32.0 Å². The van der Waals surface area contributed by atoms with Crippen molar-refractivity contribution >= 4 is 11.8 Å². The summed E-state index contributed by atoms with van der Waals surface area (Å²) >= 11 is 0. The highest BCUT2D eigenvalue weighted by molar-refractivity contribution is 5.79. The van der Waals surface area contributed by atoms with E-state index in [0.29, 0.717) is 18.8 Å². The van der Waals surface area contributed by atoms with Crippen molar-refractivity contribution in [2.24, 2.45) is 0 Å². The number of amides is 2. The van der Waals surface area contributed by atoms with Crippen LogP contribution < -0.4 is 15.4 Å². The van der Waals surface area contributed by atoms with Gasteiger partial charge in [-0.2, -0.15) is 0 Å². The molecule has 0 radical (unpaired) electrons. The van der Waals surface area contributed by atoms with Gasteiger partial charge in [-0.25, -0.2) is 0 Å². The zero-order chi connectivity index (χ0) is 13.4. The quantitative estimate of drug-likeness (QED) is 0.722. The first-order chi connectivity index (χ1) is 8.63. The fourth-order valence-corrected chi connectivity index (χ4v) is 1.52. The summed E-state index contributed by atoms with van der Waals surface area (Å²) in [4.78, 5) is 22.3. The molecular formula is C13H18N2O3. The van der Waals surface area contributed by atoms with Gasteiger partial charge < -0.3 is 15.4 Å². The average Bonchev–Trinajstić information content (AvgIpc) is 2.35. The number of rotatable bonds is 6. The second kappa shape index (κ2) is 7.32. The minimum Gasteiger partial charge on any atom is -0.496 e. The van der Waals surface area contributed by atoms with Crippen LogP contribution in [0.5, 0.6) is 5.75 Å². The number of ether oxygens (including phenoxy) is 1. The van der Waals surface area contributed by atoms with Gasteiger partial charge >= 0.3 is 0 Å². The van der Waals surface area contributed by atoms with Crippen LogP contribution >= 0.6 is 0 Å². The second-order valence-corrected chi connectivity index (χ2v) is 3.82. The third kappa shape index (κ3) is 4.86. The fraction of sp³-hybridized carbons (Fsp3) is 0.385. The van der Waals surface area contributed by atoms with Crippen molar-refractivity contribution in [2.45, 2.75) is 13.3 Å². The van der Waals surface area contributed by atoms with Gasteiger partial charge in [0, 0.05) is 25.6 Å². The van der Waals surface area contributed by atoms with E-state index >= 15 is 0 Å². The third-order valence-electron chi connectivity index (χ3n) is 2.36. The summed E-state index contributed by atoms with van der Waals surface area (Å²) in [6.45, 7) is 2.30. The SMILES string of the molecule is COc1ccccc1CC(=O)NCCNC(C)=O. The Bertz CT molecular complexity index is 418. The van der Waals surface area contributed by atoms with E-state index in [4.69, 9.17) is 4.74 Å². The highest BCUT2D eigenvalue weighted by atomic mass is 16.5. The van der Waals surface area contributed by atoms with Gasteiger partial charge in [-0.05, 0) is 6.07 Å². The molecule has 5 heteroatoms. The molecule has 0 unspecified atom stereocenters. The Balaban J connectivity index is 2.37. The zero-order valence-corrected chi connectivity index (χ0v) is 10.7. The molecule has 0 bridgehead atoms. The molecule has 0 fully saturated rings. The van der Waals surface area contributed by atoms with Crippen molar-refractivity contribution in [3.63, 3.8) is 0 Å². The summed E-state index contributed by atoms with van der Waals surface area (Å²) < 4.78 is 5.17. The predicted molar refractivity (Wildman–Crippen MR) is 68.4 cm³/mol. The first-order valence-electron chi connectivity index (χ1n) is 5.76. The van der Waals surface area contributed by atoms with Crippen LogP contribution in [0.25, 0.3) is 0 Å². The molecule has 0 heterocycles. The van der Waals surface area contributed by atoms with E-state index in [0.717, 1.165) is 5.56 Å². The third-order valence-corrected chi connectivity index (χ3v) is 2.36. The molecule has 18 heavy (non-hydrogen) atoms. The monoisotopic (exact) mass is 250 g/mol. The Morgan fingerprint density at radius 1 is 1.17 bits per heavy atom. The largest absolute Gasteiger partial charge is 0.496 e. The molecule has 0 aliphatic rings. The van der Waals surface area contributed by atoms with Gasteiger partial charge in [0.25, 0.3) is 0 Å². The van der Waals surface area contributed by atoms with E-state index in [-0.39, 0.29) is 18.2 Å². The second-order valence-electron chi connectivity index (χ2n) is 3.82. The lowest BCUT2D eigenvalue weighted by Crippen LogP contribution is -2.34. The van der Waals surface area contributed by atoms with E-state index in [2.05, 4.69) is 10.6 Å². The number of hydrogen-bond donors (Lipinski definition) is 2. The molecule has 2 amide bonds. The lowest BCUT2D eigenvalue weighted by Gasteiger charge is -2.09. The molecule has 1 aromatic rings. The molecule has 0 aliphatic carbocycles. The van der Waals surface area contributed by atoms with Crippen LogP contribution in [0.4, 0.5) is 0 Å². The number of carbonyl (C=O) groups excluding carboxylic acids is 2. The summed E-state index contributed by atoms with van der Waals surface area (Å²) in [7, 11) is 1.58. The molecule has 0 aliphatic heterocycles. The van der Waals surface area contributed by atoms with Gasteiger partial charge in [0.1, 0.15) is 5.75 Å². The minimum atomic E-state index is -0.103. The highest BCUT2D eigenvalue weighted by Crippen LogP contribution is 2.17. The molecule has 0 saturated heterocycles. The van der Waals surface area contributed by atoms with Crippen molar-refractivity contribution in [1.82, 2.24) is 10.6 Å². The van der Waals surface area contributed by atoms with Crippen LogP contribution in [0.2, 0.25) is 0 Å². The highest BCUT2D eigenvalue weighted by Gasteiger charge is 2.07. The standard InChI is InChI=1S/C13H18N2O3/c1-10(16)14-7-8-15-13(17)9-11-5-3-4-6-12(11)18-2/h3-6H,7-9H2,1-2H3,(H,14,16)(H,15,17). The summed E-state index contributed by atoms with van der Waals surface area (Å²) in [5.74, 6) is 0.508. The molecule has 0 saturated carbocycles. The van der Waals surface area contributed by atoms with E-state index in [1.807, 2.05) is 24.3 Å². The Morgan fingerprint density at radius 3 is 2.50 bits per heavy atom. The fourth-order valence-electron chi connectivity index (χ4n) is 1.52. The van der Waals surface area contributed by atoms with Gasteiger partial charge in [0.05, 0.1) is 13.5 Å². The van der Waals surface area contributed by atoms with Crippen molar-refractivity contribution in [1.29, 1.82) is 0 Å². The number of nitrogens with one attached hydrogen (secondary N) is 2. The summed E-state index contributed by atoms with van der Waals surface area (Å²) in [5.41, 5.74) is 0.844. The molecular weight excluding hydrogens is 232 g/mol. The molecule has 0 aromatic heterocycles. The Labute approximate surface area is 107 Å². The topological polar surface area (TPSA) is 67.4 Å². The smallest absolute Gasteiger partial charge is 0.224 e. The molecule has 0 spiro atoms. The van der Waals surface area contributed by atoms with Crippen LogP contribution in [0.15, 0.2) is 24.3 Å². The normalized spacial score (nSPS) is 9.67. The Kier molecular flexibility index (Phi) is 5.70. The Hall–Kier alpha value is -2.04. The molecule has 98 valence electrons. The van der Waals surface area contributed by atoms with Gasteiger partial charge in [-0.1, -0.05) is 18.2 Å². The molecule has 0 atom stereocenters. The van der Waals surface area contributed by atoms with Crippen LogP contribution in [0.3, 0.4) is 0 Å². The molecule has 1 aromatic carbocycles. The maximum atomic E-state index is 11.6. The van der Waals surface area contributed by atoms with E-state index in [1.54, 1.807) is 7.11 Å². The Morgan fingerprint density at radius 2 is 1.83 bits per heavy atom. The summed E-state index contributed by atoms with van der Waals surface area (Å²) in [5, 5.41) is 5.34. The van der Waals surface area contributed by atoms with E-state index in [9.17, 15) is 9.59 Å². The number of carbonyl (C=O) groups is 2.